The van der Waals surface area contributed by atoms with E-state index in [4.69, 9.17) is 10.5 Å². The molecule has 0 heterocycles. The number of hydrogen-bond donors (Lipinski definition) is 2. The molecule has 0 radical (unpaired) electrons. The molecule has 0 aliphatic rings. The van der Waals surface area contributed by atoms with Crippen molar-refractivity contribution in [1.82, 2.24) is 0 Å². The van der Waals surface area contributed by atoms with E-state index in [-0.39, 0.29) is 0 Å². The maximum absolute atomic E-state index is 10.5. The molecular formula is C14H16N2O2. The van der Waals surface area contributed by atoms with Gasteiger partial charge in [0.2, 0.25) is 0 Å². The Balaban J connectivity index is 2.27. The van der Waals surface area contributed by atoms with Crippen LogP contribution in [0.2, 0.25) is 0 Å². The van der Waals surface area contributed by atoms with E-state index in [2.05, 4.69) is 29.6 Å². The highest BCUT2D eigenvalue weighted by Crippen LogP contribution is 2.24. The van der Waals surface area contributed by atoms with Gasteiger partial charge in [0.1, 0.15) is 0 Å². The van der Waals surface area contributed by atoms with E-state index >= 15 is 0 Å². The molecule has 0 unspecified atom stereocenters. The van der Waals surface area contributed by atoms with Gasteiger partial charge in [-0.3, -0.25) is 0 Å². The standard InChI is InChI=1S/C14H16N2O2/c1-16-13-9-11-5-3-2-4-10(11)8-12(13)6-7-18-14(15)17/h2-5,8-9,16H,6-7H2,1H3,(H2,15,17). The second kappa shape index (κ2) is 5.40. The van der Waals surface area contributed by atoms with Gasteiger partial charge in [-0.1, -0.05) is 24.3 Å². The molecule has 0 saturated heterocycles. The molecule has 0 atom stereocenters. The monoisotopic (exact) mass is 244 g/mol. The van der Waals surface area contributed by atoms with Crippen LogP contribution in [-0.4, -0.2) is 19.7 Å². The van der Waals surface area contributed by atoms with Gasteiger partial charge in [-0.2, -0.15) is 0 Å². The quantitative estimate of drug-likeness (QED) is 0.868. The van der Waals surface area contributed by atoms with Gasteiger partial charge < -0.3 is 15.8 Å². The molecule has 0 aliphatic heterocycles. The van der Waals surface area contributed by atoms with E-state index in [0.717, 1.165) is 11.3 Å². The van der Waals surface area contributed by atoms with Crippen LogP contribution in [0, 0.1) is 0 Å². The molecule has 2 aromatic carbocycles. The lowest BCUT2D eigenvalue weighted by Gasteiger charge is -2.11. The second-order valence-electron chi connectivity index (χ2n) is 4.02. The molecule has 0 fully saturated rings. The molecule has 0 aliphatic carbocycles. The van der Waals surface area contributed by atoms with E-state index in [1.165, 1.54) is 10.8 Å². The lowest BCUT2D eigenvalue weighted by atomic mass is 10.0. The lowest BCUT2D eigenvalue weighted by Crippen LogP contribution is -2.15. The number of rotatable bonds is 4. The van der Waals surface area contributed by atoms with Gasteiger partial charge in [-0.25, -0.2) is 4.79 Å². The summed E-state index contributed by atoms with van der Waals surface area (Å²) in [6.45, 7) is 0.294. The van der Waals surface area contributed by atoms with Crippen molar-refractivity contribution in [1.29, 1.82) is 0 Å². The first-order valence-electron chi connectivity index (χ1n) is 5.82. The van der Waals surface area contributed by atoms with Crippen molar-refractivity contribution in [2.45, 2.75) is 6.42 Å². The molecule has 18 heavy (non-hydrogen) atoms. The summed E-state index contributed by atoms with van der Waals surface area (Å²) < 4.78 is 4.77. The predicted octanol–water partition coefficient (Wildman–Crippen LogP) is 2.52. The Hall–Kier alpha value is -2.23. The van der Waals surface area contributed by atoms with Crippen molar-refractivity contribution < 1.29 is 9.53 Å². The summed E-state index contributed by atoms with van der Waals surface area (Å²) in [5.41, 5.74) is 7.09. The Morgan fingerprint density at radius 3 is 2.56 bits per heavy atom. The molecule has 0 spiro atoms. The number of ether oxygens (including phenoxy) is 1. The van der Waals surface area contributed by atoms with Gasteiger partial charge in [0.25, 0.3) is 0 Å². The van der Waals surface area contributed by atoms with Gasteiger partial charge in [0.05, 0.1) is 6.61 Å². The SMILES string of the molecule is CNc1cc2ccccc2cc1CCOC(N)=O. The average molecular weight is 244 g/mol. The fourth-order valence-electron chi connectivity index (χ4n) is 1.99. The van der Waals surface area contributed by atoms with Crippen LogP contribution in [0.15, 0.2) is 36.4 Å². The number of carbonyl (C=O) groups is 1. The van der Waals surface area contributed by atoms with Crippen LogP contribution in [0.1, 0.15) is 5.56 Å². The predicted molar refractivity (Wildman–Crippen MR) is 72.7 cm³/mol. The van der Waals surface area contributed by atoms with Crippen LogP contribution >= 0.6 is 0 Å². The summed E-state index contributed by atoms with van der Waals surface area (Å²) in [5, 5.41) is 5.51. The van der Waals surface area contributed by atoms with Gasteiger partial charge >= 0.3 is 6.09 Å². The fraction of sp³-hybridized carbons (Fsp3) is 0.214. The highest BCUT2D eigenvalue weighted by molar-refractivity contribution is 5.87. The van der Waals surface area contributed by atoms with Crippen LogP contribution in [0.25, 0.3) is 10.8 Å². The van der Waals surface area contributed by atoms with E-state index in [9.17, 15) is 4.79 Å². The van der Waals surface area contributed by atoms with E-state index in [1.807, 2.05) is 19.2 Å². The Morgan fingerprint density at radius 2 is 1.94 bits per heavy atom. The number of benzene rings is 2. The summed E-state index contributed by atoms with van der Waals surface area (Å²) in [4.78, 5) is 10.5. The molecule has 0 aromatic heterocycles. The summed E-state index contributed by atoms with van der Waals surface area (Å²) in [7, 11) is 1.88. The lowest BCUT2D eigenvalue weighted by molar-refractivity contribution is 0.158. The number of carbonyl (C=O) groups excluding carboxylic acids is 1. The van der Waals surface area contributed by atoms with Gasteiger partial charge in [0.15, 0.2) is 0 Å². The first kappa shape index (κ1) is 12.2. The smallest absolute Gasteiger partial charge is 0.404 e. The molecule has 3 N–H and O–H groups in total. The van der Waals surface area contributed by atoms with Crippen molar-refractivity contribution in [3.8, 4) is 0 Å². The van der Waals surface area contributed by atoms with Gasteiger partial charge in [0, 0.05) is 19.2 Å². The van der Waals surface area contributed by atoms with E-state index in [1.54, 1.807) is 0 Å². The number of anilines is 1. The van der Waals surface area contributed by atoms with E-state index < -0.39 is 6.09 Å². The maximum atomic E-state index is 10.5. The number of hydrogen-bond acceptors (Lipinski definition) is 3. The molecule has 4 nitrogen and oxygen atoms in total. The average Bonchev–Trinajstić information content (AvgIpc) is 2.37. The van der Waals surface area contributed by atoms with Crippen molar-refractivity contribution in [3.05, 3.63) is 42.0 Å². The minimum Gasteiger partial charge on any atom is -0.449 e. The molecule has 4 heteroatoms. The third-order valence-electron chi connectivity index (χ3n) is 2.86. The zero-order chi connectivity index (χ0) is 13.0. The largest absolute Gasteiger partial charge is 0.449 e. The highest BCUT2D eigenvalue weighted by atomic mass is 16.5. The normalized spacial score (nSPS) is 10.3. The van der Waals surface area contributed by atoms with Crippen LogP contribution < -0.4 is 11.1 Å². The summed E-state index contributed by atoms with van der Waals surface area (Å²) in [6.07, 6.45) is -0.0916. The van der Waals surface area contributed by atoms with Crippen molar-refractivity contribution >= 4 is 22.6 Å². The van der Waals surface area contributed by atoms with Gasteiger partial charge in [-0.05, 0) is 28.5 Å². The number of fused-ring (bicyclic) bond motifs is 1. The van der Waals surface area contributed by atoms with Crippen LogP contribution in [0.3, 0.4) is 0 Å². The van der Waals surface area contributed by atoms with Crippen molar-refractivity contribution in [2.24, 2.45) is 5.73 Å². The number of amides is 1. The third-order valence-corrected chi connectivity index (χ3v) is 2.86. The Bertz CT molecular complexity index is 567. The molecule has 2 rings (SSSR count). The second-order valence-corrected chi connectivity index (χ2v) is 4.02. The zero-order valence-corrected chi connectivity index (χ0v) is 10.3. The van der Waals surface area contributed by atoms with Crippen molar-refractivity contribution in [2.75, 3.05) is 19.0 Å². The van der Waals surface area contributed by atoms with E-state index in [0.29, 0.717) is 13.0 Å². The summed E-state index contributed by atoms with van der Waals surface area (Å²) >= 11 is 0. The first-order chi connectivity index (χ1) is 8.70. The zero-order valence-electron chi connectivity index (χ0n) is 10.3. The van der Waals surface area contributed by atoms with Gasteiger partial charge in [-0.15, -0.1) is 0 Å². The van der Waals surface area contributed by atoms with Crippen LogP contribution in [0.5, 0.6) is 0 Å². The summed E-state index contributed by atoms with van der Waals surface area (Å²) in [6, 6.07) is 12.3. The maximum Gasteiger partial charge on any atom is 0.404 e. The molecule has 0 saturated carbocycles. The minimum atomic E-state index is -0.734. The van der Waals surface area contributed by atoms with Crippen molar-refractivity contribution in [3.63, 3.8) is 0 Å². The minimum absolute atomic E-state index is 0.294. The fourth-order valence-corrected chi connectivity index (χ4v) is 1.99. The third kappa shape index (κ3) is 2.71. The van der Waals surface area contributed by atoms with Crippen LogP contribution in [-0.2, 0) is 11.2 Å². The molecular weight excluding hydrogens is 228 g/mol. The topological polar surface area (TPSA) is 64.3 Å². The number of nitrogens with two attached hydrogens (primary N) is 1. The molecule has 0 bridgehead atoms. The number of nitrogens with one attached hydrogen (secondary N) is 1. The highest BCUT2D eigenvalue weighted by Gasteiger charge is 2.04. The molecule has 1 amide bonds. The molecule has 94 valence electrons. The first-order valence-corrected chi connectivity index (χ1v) is 5.82. The summed E-state index contributed by atoms with van der Waals surface area (Å²) in [5.74, 6) is 0. The molecule has 2 aromatic rings. The Morgan fingerprint density at radius 1 is 1.28 bits per heavy atom. The number of primary amides is 1. The Kier molecular flexibility index (Phi) is 3.67. The van der Waals surface area contributed by atoms with Crippen LogP contribution in [0.4, 0.5) is 10.5 Å². The Labute approximate surface area is 106 Å².